The summed E-state index contributed by atoms with van der Waals surface area (Å²) < 4.78 is 4.78. The zero-order valence-electron chi connectivity index (χ0n) is 13.6. The van der Waals surface area contributed by atoms with Crippen molar-refractivity contribution in [3.63, 3.8) is 0 Å². The fraction of sp³-hybridized carbons (Fsp3) is 0.611. The maximum atomic E-state index is 11.7. The molecule has 1 aromatic carbocycles. The molecular weight excluding hydrogens is 278 g/mol. The van der Waals surface area contributed by atoms with E-state index in [1.165, 1.54) is 39.2 Å². The van der Waals surface area contributed by atoms with Gasteiger partial charge in [-0.2, -0.15) is 0 Å². The van der Waals surface area contributed by atoms with Crippen LogP contribution in [0.5, 0.6) is 0 Å². The quantitative estimate of drug-likeness (QED) is 0.821. The average Bonchev–Trinajstić information content (AvgIpc) is 2.54. The highest BCUT2D eigenvalue weighted by molar-refractivity contribution is 5.89. The van der Waals surface area contributed by atoms with Crippen LogP contribution in [0, 0.1) is 0 Å². The summed E-state index contributed by atoms with van der Waals surface area (Å²) in [7, 11) is 1.40. The number of hydrogen-bond acceptors (Lipinski definition) is 4. The molecule has 1 atom stereocenters. The molecule has 1 aliphatic rings. The molecule has 122 valence electrons. The number of esters is 1. The van der Waals surface area contributed by atoms with Crippen LogP contribution < -0.4 is 0 Å². The van der Waals surface area contributed by atoms with Crippen LogP contribution in [0.2, 0.25) is 0 Å². The normalized spacial score (nSPS) is 17.5. The zero-order chi connectivity index (χ0) is 15.9. The Kier molecular flexibility index (Phi) is 6.40. The third kappa shape index (κ3) is 4.82. The summed E-state index contributed by atoms with van der Waals surface area (Å²) in [6, 6.07) is 8.12. The summed E-state index contributed by atoms with van der Waals surface area (Å²) in [5.74, 6) is -0.304. The molecule has 0 aliphatic heterocycles. The van der Waals surface area contributed by atoms with Gasteiger partial charge in [0.15, 0.2) is 0 Å². The molecule has 1 saturated carbocycles. The second-order valence-corrected chi connectivity index (χ2v) is 6.26. The molecule has 0 heterocycles. The first-order valence-corrected chi connectivity index (χ1v) is 8.19. The van der Waals surface area contributed by atoms with Crippen LogP contribution in [-0.2, 0) is 11.3 Å². The van der Waals surface area contributed by atoms with Crippen LogP contribution in [0.15, 0.2) is 24.3 Å². The molecule has 0 bridgehead atoms. The van der Waals surface area contributed by atoms with E-state index in [0.717, 1.165) is 12.1 Å². The monoisotopic (exact) mass is 305 g/mol. The molecule has 0 saturated heterocycles. The molecule has 0 spiro atoms. The van der Waals surface area contributed by atoms with Gasteiger partial charge >= 0.3 is 5.97 Å². The van der Waals surface area contributed by atoms with Gasteiger partial charge in [0.25, 0.3) is 0 Å². The largest absolute Gasteiger partial charge is 0.465 e. The van der Waals surface area contributed by atoms with Gasteiger partial charge in [0.2, 0.25) is 0 Å². The Morgan fingerprint density at radius 2 is 2.09 bits per heavy atom. The third-order valence-corrected chi connectivity index (χ3v) is 4.32. The molecule has 4 nitrogen and oxygen atoms in total. The first-order chi connectivity index (χ1) is 10.6. The number of carbonyl (C=O) groups excluding carboxylic acids is 1. The minimum absolute atomic E-state index is 0.304. The van der Waals surface area contributed by atoms with Gasteiger partial charge in [-0.25, -0.2) is 4.79 Å². The zero-order valence-corrected chi connectivity index (χ0v) is 13.6. The Hall–Kier alpha value is -1.39. The standard InChI is InChI=1S/C18H27NO3/c1-14(20)12-19(17-9-4-3-5-10-17)13-15-7-6-8-16(11-15)18(21)22-2/h6-8,11,14,17,20H,3-5,9-10,12-13H2,1-2H3. The number of benzene rings is 1. The van der Waals surface area contributed by atoms with Crippen molar-refractivity contribution in [3.8, 4) is 0 Å². The van der Waals surface area contributed by atoms with Gasteiger partial charge in [-0.1, -0.05) is 31.4 Å². The van der Waals surface area contributed by atoms with Crippen LogP contribution >= 0.6 is 0 Å². The molecule has 1 N–H and O–H groups in total. The molecule has 0 amide bonds. The van der Waals surface area contributed by atoms with Crippen molar-refractivity contribution in [1.82, 2.24) is 4.90 Å². The van der Waals surface area contributed by atoms with Gasteiger partial charge in [-0.15, -0.1) is 0 Å². The van der Waals surface area contributed by atoms with E-state index < -0.39 is 0 Å². The number of ether oxygens (including phenoxy) is 1. The number of nitrogens with zero attached hydrogens (tertiary/aromatic N) is 1. The van der Waals surface area contributed by atoms with Gasteiger partial charge in [0.05, 0.1) is 18.8 Å². The topological polar surface area (TPSA) is 49.8 Å². The van der Waals surface area contributed by atoms with E-state index in [4.69, 9.17) is 4.74 Å². The molecule has 1 aromatic rings. The molecule has 2 rings (SSSR count). The van der Waals surface area contributed by atoms with Gasteiger partial charge in [0.1, 0.15) is 0 Å². The number of rotatable bonds is 6. The average molecular weight is 305 g/mol. The van der Waals surface area contributed by atoms with Crippen molar-refractivity contribution in [2.24, 2.45) is 0 Å². The lowest BCUT2D eigenvalue weighted by molar-refractivity contribution is 0.0599. The van der Waals surface area contributed by atoms with E-state index in [1.807, 2.05) is 25.1 Å². The van der Waals surface area contributed by atoms with Crippen LogP contribution in [0.3, 0.4) is 0 Å². The van der Waals surface area contributed by atoms with Crippen molar-refractivity contribution in [3.05, 3.63) is 35.4 Å². The Balaban J connectivity index is 2.10. The maximum absolute atomic E-state index is 11.7. The molecule has 1 unspecified atom stereocenters. The summed E-state index contributed by atoms with van der Waals surface area (Å²) in [5, 5.41) is 9.80. The Labute approximate surface area is 133 Å². The minimum Gasteiger partial charge on any atom is -0.465 e. The number of methoxy groups -OCH3 is 1. The second kappa shape index (κ2) is 8.30. The number of carbonyl (C=O) groups is 1. The Morgan fingerprint density at radius 1 is 1.36 bits per heavy atom. The van der Waals surface area contributed by atoms with Gasteiger partial charge < -0.3 is 9.84 Å². The van der Waals surface area contributed by atoms with Crippen LogP contribution in [0.1, 0.15) is 54.9 Å². The Morgan fingerprint density at radius 3 is 2.73 bits per heavy atom. The van der Waals surface area contributed by atoms with Crippen LogP contribution in [0.4, 0.5) is 0 Å². The summed E-state index contributed by atoms with van der Waals surface area (Å²) >= 11 is 0. The second-order valence-electron chi connectivity index (χ2n) is 6.26. The van der Waals surface area contributed by atoms with E-state index >= 15 is 0 Å². The summed E-state index contributed by atoms with van der Waals surface area (Å²) in [6.07, 6.45) is 5.90. The summed E-state index contributed by atoms with van der Waals surface area (Å²) in [5.41, 5.74) is 1.68. The molecule has 4 heteroatoms. The minimum atomic E-state index is -0.342. The lowest BCUT2D eigenvalue weighted by atomic mass is 9.93. The number of aliphatic hydroxyl groups is 1. The molecular formula is C18H27NO3. The number of hydrogen-bond donors (Lipinski definition) is 1. The number of aliphatic hydroxyl groups excluding tert-OH is 1. The van der Waals surface area contributed by atoms with Crippen molar-refractivity contribution in [1.29, 1.82) is 0 Å². The fourth-order valence-corrected chi connectivity index (χ4v) is 3.28. The van der Waals surface area contributed by atoms with E-state index in [9.17, 15) is 9.90 Å². The van der Waals surface area contributed by atoms with Gasteiger partial charge in [-0.05, 0) is 37.5 Å². The van der Waals surface area contributed by atoms with Crippen molar-refractivity contribution in [2.75, 3.05) is 13.7 Å². The third-order valence-electron chi connectivity index (χ3n) is 4.32. The predicted octanol–water partition coefficient (Wildman–Crippen LogP) is 2.99. The van der Waals surface area contributed by atoms with E-state index in [0.29, 0.717) is 18.2 Å². The lowest BCUT2D eigenvalue weighted by Crippen LogP contribution is -2.40. The van der Waals surface area contributed by atoms with E-state index in [1.54, 1.807) is 6.07 Å². The van der Waals surface area contributed by atoms with Crippen molar-refractivity contribution < 1.29 is 14.6 Å². The molecule has 0 radical (unpaired) electrons. The highest BCUT2D eigenvalue weighted by atomic mass is 16.5. The lowest BCUT2D eigenvalue weighted by Gasteiger charge is -2.35. The first-order valence-electron chi connectivity index (χ1n) is 8.19. The molecule has 1 fully saturated rings. The van der Waals surface area contributed by atoms with Gasteiger partial charge in [-0.3, -0.25) is 4.90 Å². The van der Waals surface area contributed by atoms with Gasteiger partial charge in [0, 0.05) is 19.1 Å². The fourth-order valence-electron chi connectivity index (χ4n) is 3.28. The van der Waals surface area contributed by atoms with Crippen LogP contribution in [0.25, 0.3) is 0 Å². The first kappa shape index (κ1) is 17.0. The Bertz CT molecular complexity index is 481. The van der Waals surface area contributed by atoms with E-state index in [2.05, 4.69) is 4.90 Å². The van der Waals surface area contributed by atoms with Crippen molar-refractivity contribution in [2.45, 2.75) is 57.7 Å². The predicted molar refractivity (Wildman–Crippen MR) is 86.7 cm³/mol. The van der Waals surface area contributed by atoms with Crippen LogP contribution in [-0.4, -0.2) is 41.8 Å². The highest BCUT2D eigenvalue weighted by Crippen LogP contribution is 2.24. The molecule has 0 aromatic heterocycles. The van der Waals surface area contributed by atoms with Crippen molar-refractivity contribution >= 4 is 5.97 Å². The van der Waals surface area contributed by atoms with E-state index in [-0.39, 0.29) is 12.1 Å². The smallest absolute Gasteiger partial charge is 0.337 e. The molecule has 22 heavy (non-hydrogen) atoms. The summed E-state index contributed by atoms with van der Waals surface area (Å²) in [6.45, 7) is 3.27. The maximum Gasteiger partial charge on any atom is 0.337 e. The highest BCUT2D eigenvalue weighted by Gasteiger charge is 2.22. The summed E-state index contributed by atoms with van der Waals surface area (Å²) in [4.78, 5) is 14.0. The SMILES string of the molecule is COC(=O)c1cccc(CN(CC(C)O)C2CCCCC2)c1. The molecule has 1 aliphatic carbocycles.